The molecule has 0 aliphatic carbocycles. The van der Waals surface area contributed by atoms with Crippen LogP contribution in [0.2, 0.25) is 0 Å². The van der Waals surface area contributed by atoms with Gasteiger partial charge in [-0.15, -0.1) is 0 Å². The van der Waals surface area contributed by atoms with Crippen molar-refractivity contribution in [1.82, 2.24) is 19.9 Å². The summed E-state index contributed by atoms with van der Waals surface area (Å²) >= 11 is 0. The van der Waals surface area contributed by atoms with Crippen LogP contribution in [-0.2, 0) is 12.7 Å². The van der Waals surface area contributed by atoms with Crippen molar-refractivity contribution in [3.63, 3.8) is 0 Å². The van der Waals surface area contributed by atoms with Gasteiger partial charge < -0.3 is 4.90 Å². The monoisotopic (exact) mass is 337 g/mol. The lowest BCUT2D eigenvalue weighted by Crippen LogP contribution is -2.46. The summed E-state index contributed by atoms with van der Waals surface area (Å²) in [4.78, 5) is 16.1. The summed E-state index contributed by atoms with van der Waals surface area (Å²) in [7, 11) is 0. The molecule has 0 radical (unpaired) electrons. The largest absolute Gasteiger partial charge is 0.433 e. The third kappa shape index (κ3) is 4.00. The van der Waals surface area contributed by atoms with Crippen LogP contribution in [0.25, 0.3) is 0 Å². The van der Waals surface area contributed by atoms with Gasteiger partial charge in [-0.05, 0) is 24.6 Å². The molecule has 2 aromatic rings. The second kappa shape index (κ2) is 6.72. The Labute approximate surface area is 138 Å². The second-order valence-electron chi connectivity index (χ2n) is 5.83. The fraction of sp³-hybridized carbons (Fsp3) is 0.438. The normalized spacial score (nSPS) is 16.4. The standard InChI is InChI=1S/C16H18F3N5/c1-12-8-15(22-11-21-12)24-6-4-23(5-7-24)10-13-2-3-20-14(9-13)16(17,18)19/h2-3,8-9,11H,4-7,10H2,1H3. The molecule has 1 aliphatic heterocycles. The zero-order valence-corrected chi connectivity index (χ0v) is 13.3. The highest BCUT2D eigenvalue weighted by atomic mass is 19.4. The molecule has 1 aliphatic rings. The van der Waals surface area contributed by atoms with Gasteiger partial charge in [0.2, 0.25) is 0 Å². The number of halogens is 3. The van der Waals surface area contributed by atoms with Crippen molar-refractivity contribution in [3.8, 4) is 0 Å². The molecule has 0 bridgehead atoms. The highest BCUT2D eigenvalue weighted by molar-refractivity contribution is 5.39. The minimum absolute atomic E-state index is 0.488. The van der Waals surface area contributed by atoms with Gasteiger partial charge in [0.1, 0.15) is 17.8 Å². The molecule has 3 rings (SSSR count). The Kier molecular flexibility index (Phi) is 4.66. The molecule has 0 amide bonds. The van der Waals surface area contributed by atoms with E-state index in [1.807, 2.05) is 13.0 Å². The molecule has 128 valence electrons. The summed E-state index contributed by atoms with van der Waals surface area (Å²) in [6.45, 7) is 5.52. The van der Waals surface area contributed by atoms with Crippen molar-refractivity contribution < 1.29 is 13.2 Å². The molecule has 5 nitrogen and oxygen atoms in total. The topological polar surface area (TPSA) is 45.2 Å². The van der Waals surface area contributed by atoms with E-state index < -0.39 is 11.9 Å². The first-order valence-electron chi connectivity index (χ1n) is 7.70. The van der Waals surface area contributed by atoms with E-state index in [0.29, 0.717) is 12.1 Å². The lowest BCUT2D eigenvalue weighted by molar-refractivity contribution is -0.141. The fourth-order valence-corrected chi connectivity index (χ4v) is 2.73. The molecule has 2 aromatic heterocycles. The van der Waals surface area contributed by atoms with E-state index in [1.54, 1.807) is 12.4 Å². The molecule has 0 N–H and O–H groups in total. The van der Waals surface area contributed by atoms with E-state index in [9.17, 15) is 13.2 Å². The van der Waals surface area contributed by atoms with Gasteiger partial charge in [-0.1, -0.05) is 0 Å². The third-order valence-electron chi connectivity index (χ3n) is 4.01. The predicted octanol–water partition coefficient (Wildman–Crippen LogP) is 2.52. The summed E-state index contributed by atoms with van der Waals surface area (Å²) in [6.07, 6.45) is -1.63. The van der Waals surface area contributed by atoms with Crippen molar-refractivity contribution in [3.05, 3.63) is 47.7 Å². The molecule has 3 heterocycles. The van der Waals surface area contributed by atoms with Crippen LogP contribution in [0.15, 0.2) is 30.7 Å². The summed E-state index contributed by atoms with van der Waals surface area (Å²) in [5, 5.41) is 0. The van der Waals surface area contributed by atoms with E-state index in [1.165, 1.54) is 6.20 Å². The van der Waals surface area contributed by atoms with Gasteiger partial charge in [-0.25, -0.2) is 9.97 Å². The van der Waals surface area contributed by atoms with Crippen LogP contribution < -0.4 is 4.90 Å². The van der Waals surface area contributed by atoms with Crippen LogP contribution in [0.5, 0.6) is 0 Å². The van der Waals surface area contributed by atoms with E-state index in [4.69, 9.17) is 0 Å². The molecular weight excluding hydrogens is 319 g/mol. The number of nitrogens with zero attached hydrogens (tertiary/aromatic N) is 5. The number of piperazine rings is 1. The molecule has 1 saturated heterocycles. The van der Waals surface area contributed by atoms with Crippen LogP contribution >= 0.6 is 0 Å². The number of alkyl halides is 3. The first-order chi connectivity index (χ1) is 11.4. The number of hydrogen-bond acceptors (Lipinski definition) is 5. The van der Waals surface area contributed by atoms with E-state index in [0.717, 1.165) is 43.8 Å². The Bertz CT molecular complexity index is 696. The van der Waals surface area contributed by atoms with Crippen LogP contribution in [0.1, 0.15) is 17.0 Å². The number of pyridine rings is 1. The third-order valence-corrected chi connectivity index (χ3v) is 4.01. The van der Waals surface area contributed by atoms with Gasteiger partial charge in [0.15, 0.2) is 0 Å². The Hall–Kier alpha value is -2.22. The maximum Gasteiger partial charge on any atom is 0.433 e. The summed E-state index contributed by atoms with van der Waals surface area (Å²) in [6, 6.07) is 4.70. The summed E-state index contributed by atoms with van der Waals surface area (Å²) < 4.78 is 38.2. The SMILES string of the molecule is Cc1cc(N2CCN(Cc3ccnc(C(F)(F)F)c3)CC2)ncn1. The molecule has 0 atom stereocenters. The van der Waals surface area contributed by atoms with Crippen molar-refractivity contribution in [2.45, 2.75) is 19.6 Å². The van der Waals surface area contributed by atoms with Crippen LogP contribution in [0.3, 0.4) is 0 Å². The van der Waals surface area contributed by atoms with Gasteiger partial charge in [0.05, 0.1) is 0 Å². The number of anilines is 1. The van der Waals surface area contributed by atoms with Gasteiger partial charge in [0, 0.05) is 50.7 Å². The average molecular weight is 337 g/mol. The first kappa shape index (κ1) is 16.6. The second-order valence-corrected chi connectivity index (χ2v) is 5.83. The van der Waals surface area contributed by atoms with Crippen molar-refractivity contribution in [2.75, 3.05) is 31.1 Å². The van der Waals surface area contributed by atoms with Crippen LogP contribution in [-0.4, -0.2) is 46.0 Å². The lowest BCUT2D eigenvalue weighted by atomic mass is 10.2. The Balaban J connectivity index is 1.60. The van der Waals surface area contributed by atoms with Gasteiger partial charge >= 0.3 is 6.18 Å². The quantitative estimate of drug-likeness (QED) is 0.861. The smallest absolute Gasteiger partial charge is 0.354 e. The van der Waals surface area contributed by atoms with E-state index >= 15 is 0 Å². The average Bonchev–Trinajstić information content (AvgIpc) is 2.55. The molecular formula is C16H18F3N5. The first-order valence-corrected chi connectivity index (χ1v) is 7.70. The molecule has 8 heteroatoms. The maximum absolute atomic E-state index is 12.7. The maximum atomic E-state index is 12.7. The lowest BCUT2D eigenvalue weighted by Gasteiger charge is -2.35. The van der Waals surface area contributed by atoms with Gasteiger partial charge in [0.25, 0.3) is 0 Å². The zero-order valence-electron chi connectivity index (χ0n) is 13.3. The Morgan fingerprint density at radius 3 is 2.46 bits per heavy atom. The van der Waals surface area contributed by atoms with Crippen LogP contribution in [0.4, 0.5) is 19.0 Å². The van der Waals surface area contributed by atoms with Crippen molar-refractivity contribution in [1.29, 1.82) is 0 Å². The minimum Gasteiger partial charge on any atom is -0.354 e. The summed E-state index contributed by atoms with van der Waals surface area (Å²) in [5.74, 6) is 0.894. The van der Waals surface area contributed by atoms with E-state index in [-0.39, 0.29) is 0 Å². The zero-order chi connectivity index (χ0) is 17.2. The number of rotatable bonds is 3. The molecule has 1 fully saturated rings. The van der Waals surface area contributed by atoms with Crippen LogP contribution in [0, 0.1) is 6.92 Å². The molecule has 0 spiro atoms. The minimum atomic E-state index is -4.40. The van der Waals surface area contributed by atoms with Crippen molar-refractivity contribution in [2.24, 2.45) is 0 Å². The molecule has 0 saturated carbocycles. The Morgan fingerprint density at radius 1 is 1.04 bits per heavy atom. The van der Waals surface area contributed by atoms with Gasteiger partial charge in [-0.2, -0.15) is 13.2 Å². The highest BCUT2D eigenvalue weighted by Gasteiger charge is 2.32. The fourth-order valence-electron chi connectivity index (χ4n) is 2.73. The molecule has 0 aromatic carbocycles. The van der Waals surface area contributed by atoms with E-state index in [2.05, 4.69) is 24.8 Å². The van der Waals surface area contributed by atoms with Gasteiger partial charge in [-0.3, -0.25) is 9.88 Å². The van der Waals surface area contributed by atoms with Crippen molar-refractivity contribution >= 4 is 5.82 Å². The predicted molar refractivity (Wildman–Crippen MR) is 83.5 cm³/mol. The highest BCUT2D eigenvalue weighted by Crippen LogP contribution is 2.28. The number of aryl methyl sites for hydroxylation is 1. The molecule has 24 heavy (non-hydrogen) atoms. The number of aromatic nitrogens is 3. The Morgan fingerprint density at radius 2 is 1.79 bits per heavy atom. The summed E-state index contributed by atoms with van der Waals surface area (Å²) in [5.41, 5.74) is 0.706. The number of hydrogen-bond donors (Lipinski definition) is 0. The molecule has 0 unspecified atom stereocenters.